The van der Waals surface area contributed by atoms with Crippen LogP contribution in [0.4, 0.5) is 0 Å². The summed E-state index contributed by atoms with van der Waals surface area (Å²) in [5, 5.41) is 3.10. The molecule has 0 aromatic rings. The van der Waals surface area contributed by atoms with Crippen molar-refractivity contribution in [2.24, 2.45) is 0 Å². The third-order valence-electron chi connectivity index (χ3n) is 4.99. The quantitative estimate of drug-likeness (QED) is 0.818. The van der Waals surface area contributed by atoms with Crippen LogP contribution in [-0.4, -0.2) is 73.1 Å². The van der Waals surface area contributed by atoms with Crippen LogP contribution >= 0.6 is 0 Å². The number of ether oxygens (including phenoxy) is 1. The molecule has 6 heteroatoms. The van der Waals surface area contributed by atoms with Crippen molar-refractivity contribution in [3.05, 3.63) is 0 Å². The molecule has 0 spiro atoms. The molecule has 0 aromatic carbocycles. The lowest BCUT2D eigenvalue weighted by molar-refractivity contribution is -0.142. The first-order valence-electron chi connectivity index (χ1n) is 8.63. The van der Waals surface area contributed by atoms with E-state index in [2.05, 4.69) is 5.32 Å². The van der Waals surface area contributed by atoms with Gasteiger partial charge in [0.15, 0.2) is 0 Å². The van der Waals surface area contributed by atoms with Gasteiger partial charge in [-0.15, -0.1) is 0 Å². The van der Waals surface area contributed by atoms with Crippen molar-refractivity contribution in [2.45, 2.75) is 50.7 Å². The number of carbonyl (C=O) groups excluding carboxylic acids is 2. The van der Waals surface area contributed by atoms with Crippen LogP contribution in [0.15, 0.2) is 0 Å². The van der Waals surface area contributed by atoms with E-state index in [1.807, 2.05) is 9.80 Å². The van der Waals surface area contributed by atoms with Gasteiger partial charge in [0.25, 0.3) is 0 Å². The van der Waals surface area contributed by atoms with Gasteiger partial charge in [-0.05, 0) is 32.1 Å². The van der Waals surface area contributed by atoms with Crippen LogP contribution < -0.4 is 5.32 Å². The number of carbonyl (C=O) groups is 2. The summed E-state index contributed by atoms with van der Waals surface area (Å²) in [5.74, 6) is 0.361. The fourth-order valence-corrected chi connectivity index (χ4v) is 3.74. The second-order valence-electron chi connectivity index (χ2n) is 6.59. The maximum Gasteiger partial charge on any atom is 0.236 e. The monoisotopic (exact) mass is 309 g/mol. The number of hydrogen-bond acceptors (Lipinski definition) is 4. The van der Waals surface area contributed by atoms with E-state index >= 15 is 0 Å². The van der Waals surface area contributed by atoms with Crippen molar-refractivity contribution in [1.29, 1.82) is 0 Å². The van der Waals surface area contributed by atoms with Crippen LogP contribution in [0.25, 0.3) is 0 Å². The zero-order valence-electron chi connectivity index (χ0n) is 13.3. The van der Waals surface area contributed by atoms with Crippen LogP contribution in [0.3, 0.4) is 0 Å². The molecule has 124 valence electrons. The molecule has 3 aliphatic rings. The molecule has 3 fully saturated rings. The molecule has 6 nitrogen and oxygen atoms in total. The molecule has 1 N–H and O–H groups in total. The van der Waals surface area contributed by atoms with E-state index in [1.165, 1.54) is 0 Å². The zero-order chi connectivity index (χ0) is 15.4. The fourth-order valence-electron chi connectivity index (χ4n) is 3.74. The van der Waals surface area contributed by atoms with Crippen LogP contribution in [0.5, 0.6) is 0 Å². The molecule has 2 amide bonds. The Labute approximate surface area is 132 Å². The topological polar surface area (TPSA) is 61.9 Å². The predicted octanol–water partition coefficient (Wildman–Crippen LogP) is 0.368. The number of piperazine rings is 1. The number of hydrogen-bond donors (Lipinski definition) is 1. The van der Waals surface area contributed by atoms with Crippen molar-refractivity contribution < 1.29 is 14.3 Å². The van der Waals surface area contributed by atoms with Gasteiger partial charge < -0.3 is 19.9 Å². The van der Waals surface area contributed by atoms with E-state index in [0.717, 1.165) is 58.3 Å². The summed E-state index contributed by atoms with van der Waals surface area (Å²) in [6.07, 6.45) is 5.87. The largest absolute Gasteiger partial charge is 0.378 e. The molecule has 0 radical (unpaired) electrons. The number of likely N-dealkylation sites (tertiary alicyclic amines) is 1. The number of piperidine rings is 1. The standard InChI is InChI=1S/C16H27N3O3/c20-15(10-14-5-1-2-9-22-14)18-7-3-4-13(12-18)19-8-6-17-11-16(19)21/h13-14,17H,1-12H2. The third kappa shape index (κ3) is 3.79. The molecule has 0 bridgehead atoms. The highest BCUT2D eigenvalue weighted by atomic mass is 16.5. The minimum absolute atomic E-state index is 0.0995. The van der Waals surface area contributed by atoms with Gasteiger partial charge in [0.1, 0.15) is 0 Å². The molecule has 3 heterocycles. The van der Waals surface area contributed by atoms with Gasteiger partial charge in [0.2, 0.25) is 11.8 Å². The van der Waals surface area contributed by atoms with Crippen molar-refractivity contribution >= 4 is 11.8 Å². The number of rotatable bonds is 3. The van der Waals surface area contributed by atoms with Gasteiger partial charge in [-0.25, -0.2) is 0 Å². The first-order valence-corrected chi connectivity index (χ1v) is 8.63. The fraction of sp³-hybridized carbons (Fsp3) is 0.875. The van der Waals surface area contributed by atoms with Crippen molar-refractivity contribution in [2.75, 3.05) is 39.3 Å². The van der Waals surface area contributed by atoms with Crippen LogP contribution in [0.2, 0.25) is 0 Å². The Morgan fingerprint density at radius 2 is 2.14 bits per heavy atom. The lowest BCUT2D eigenvalue weighted by Crippen LogP contribution is -2.57. The lowest BCUT2D eigenvalue weighted by atomic mass is 10.0. The Morgan fingerprint density at radius 3 is 2.91 bits per heavy atom. The van der Waals surface area contributed by atoms with E-state index in [0.29, 0.717) is 19.5 Å². The van der Waals surface area contributed by atoms with Crippen LogP contribution in [-0.2, 0) is 14.3 Å². The summed E-state index contributed by atoms with van der Waals surface area (Å²) in [5.41, 5.74) is 0. The molecule has 3 saturated heterocycles. The van der Waals surface area contributed by atoms with Gasteiger partial charge in [-0.1, -0.05) is 0 Å². The van der Waals surface area contributed by atoms with Gasteiger partial charge in [0, 0.05) is 38.8 Å². The van der Waals surface area contributed by atoms with Gasteiger partial charge in [0.05, 0.1) is 19.1 Å². The summed E-state index contributed by atoms with van der Waals surface area (Å²) in [4.78, 5) is 28.4. The Morgan fingerprint density at radius 1 is 1.23 bits per heavy atom. The Bertz CT molecular complexity index is 409. The average molecular weight is 309 g/mol. The summed E-state index contributed by atoms with van der Waals surface area (Å²) in [6.45, 7) is 4.35. The minimum Gasteiger partial charge on any atom is -0.378 e. The second-order valence-corrected chi connectivity index (χ2v) is 6.59. The van der Waals surface area contributed by atoms with E-state index in [-0.39, 0.29) is 24.0 Å². The first kappa shape index (κ1) is 15.7. The van der Waals surface area contributed by atoms with Crippen LogP contribution in [0, 0.1) is 0 Å². The van der Waals surface area contributed by atoms with Crippen LogP contribution in [0.1, 0.15) is 38.5 Å². The zero-order valence-corrected chi connectivity index (χ0v) is 13.3. The summed E-state index contributed by atoms with van der Waals surface area (Å²) in [7, 11) is 0. The Kier molecular flexibility index (Phi) is 5.31. The minimum atomic E-state index is 0.0995. The molecular formula is C16H27N3O3. The maximum absolute atomic E-state index is 12.5. The smallest absolute Gasteiger partial charge is 0.236 e. The molecule has 3 aliphatic heterocycles. The highest BCUT2D eigenvalue weighted by Crippen LogP contribution is 2.21. The third-order valence-corrected chi connectivity index (χ3v) is 4.99. The average Bonchev–Trinajstić information content (AvgIpc) is 2.56. The number of nitrogens with one attached hydrogen (secondary N) is 1. The van der Waals surface area contributed by atoms with E-state index in [4.69, 9.17) is 4.74 Å². The highest BCUT2D eigenvalue weighted by molar-refractivity contribution is 5.80. The maximum atomic E-state index is 12.5. The molecule has 0 aromatic heterocycles. The highest BCUT2D eigenvalue weighted by Gasteiger charge is 2.32. The molecular weight excluding hydrogens is 282 g/mol. The Hall–Kier alpha value is -1.14. The van der Waals surface area contributed by atoms with Gasteiger partial charge in [-0.2, -0.15) is 0 Å². The van der Waals surface area contributed by atoms with E-state index < -0.39 is 0 Å². The van der Waals surface area contributed by atoms with Crippen molar-refractivity contribution in [3.63, 3.8) is 0 Å². The number of nitrogens with zero attached hydrogens (tertiary/aromatic N) is 2. The van der Waals surface area contributed by atoms with Crippen molar-refractivity contribution in [3.8, 4) is 0 Å². The van der Waals surface area contributed by atoms with E-state index in [9.17, 15) is 9.59 Å². The Balaban J connectivity index is 1.53. The normalized spacial score (nSPS) is 30.5. The predicted molar refractivity (Wildman–Crippen MR) is 82.4 cm³/mol. The first-order chi connectivity index (χ1) is 10.7. The molecule has 0 saturated carbocycles. The van der Waals surface area contributed by atoms with Crippen molar-refractivity contribution in [1.82, 2.24) is 15.1 Å². The molecule has 22 heavy (non-hydrogen) atoms. The molecule has 2 atom stereocenters. The van der Waals surface area contributed by atoms with Gasteiger partial charge in [-0.3, -0.25) is 9.59 Å². The van der Waals surface area contributed by atoms with E-state index in [1.54, 1.807) is 0 Å². The summed E-state index contributed by atoms with van der Waals surface area (Å²) in [6, 6.07) is 0.194. The van der Waals surface area contributed by atoms with Gasteiger partial charge >= 0.3 is 0 Å². The molecule has 0 aliphatic carbocycles. The number of amides is 2. The lowest BCUT2D eigenvalue weighted by Gasteiger charge is -2.41. The molecule has 2 unspecified atom stereocenters. The summed E-state index contributed by atoms with van der Waals surface area (Å²) < 4.78 is 5.68. The SMILES string of the molecule is O=C(CC1CCCCO1)N1CCCC(N2CCNCC2=O)C1. The second kappa shape index (κ2) is 7.42. The molecule has 3 rings (SSSR count). The summed E-state index contributed by atoms with van der Waals surface area (Å²) >= 11 is 0.